The van der Waals surface area contributed by atoms with Gasteiger partial charge in [0.15, 0.2) is 0 Å². The maximum absolute atomic E-state index is 3.44. The molecular weight excluding hydrogens is 226 g/mol. The van der Waals surface area contributed by atoms with Crippen molar-refractivity contribution in [3.8, 4) is 0 Å². The fourth-order valence-electron chi connectivity index (χ4n) is 2.66. The van der Waals surface area contributed by atoms with Crippen molar-refractivity contribution in [1.82, 2.24) is 5.32 Å². The Labute approximate surface area is 109 Å². The molecule has 0 heterocycles. The van der Waals surface area contributed by atoms with Crippen molar-refractivity contribution >= 4 is 11.8 Å². The predicted molar refractivity (Wildman–Crippen MR) is 76.8 cm³/mol. The Bertz CT molecular complexity index is 389. The molecule has 17 heavy (non-hydrogen) atoms. The highest BCUT2D eigenvalue weighted by Crippen LogP contribution is 2.39. The Morgan fingerprint density at radius 3 is 2.53 bits per heavy atom. The van der Waals surface area contributed by atoms with Gasteiger partial charge in [-0.05, 0) is 62.9 Å². The molecule has 0 bridgehead atoms. The average Bonchev–Trinajstić information content (AvgIpc) is 2.65. The van der Waals surface area contributed by atoms with E-state index in [1.165, 1.54) is 28.9 Å². The van der Waals surface area contributed by atoms with E-state index in [-0.39, 0.29) is 0 Å². The molecule has 1 fully saturated rings. The SMILES string of the molecule is CNC1CCC(Sc2ccc(C)c(C)c2)C1C. The van der Waals surface area contributed by atoms with Gasteiger partial charge in [-0.2, -0.15) is 0 Å². The van der Waals surface area contributed by atoms with Crippen molar-refractivity contribution in [2.24, 2.45) is 5.92 Å². The number of thioether (sulfide) groups is 1. The first kappa shape index (κ1) is 13.0. The maximum atomic E-state index is 3.44. The smallest absolute Gasteiger partial charge is 0.0135 e. The van der Waals surface area contributed by atoms with Gasteiger partial charge in [0.05, 0.1) is 0 Å². The lowest BCUT2D eigenvalue weighted by atomic mass is 10.1. The highest BCUT2D eigenvalue weighted by Gasteiger charge is 2.32. The fraction of sp³-hybridized carbons (Fsp3) is 0.600. The average molecular weight is 249 g/mol. The van der Waals surface area contributed by atoms with E-state index in [2.05, 4.69) is 63.1 Å². The molecule has 0 aromatic heterocycles. The van der Waals surface area contributed by atoms with Crippen LogP contribution in [0, 0.1) is 19.8 Å². The summed E-state index contributed by atoms with van der Waals surface area (Å²) in [5.74, 6) is 0.770. The molecule has 0 radical (unpaired) electrons. The molecule has 3 atom stereocenters. The molecule has 2 heteroatoms. The Hall–Kier alpha value is -0.470. The molecule has 3 unspecified atom stereocenters. The van der Waals surface area contributed by atoms with Gasteiger partial charge < -0.3 is 5.32 Å². The van der Waals surface area contributed by atoms with Crippen molar-refractivity contribution in [2.75, 3.05) is 7.05 Å². The molecule has 0 amide bonds. The topological polar surface area (TPSA) is 12.0 Å². The molecule has 1 nitrogen and oxygen atoms in total. The number of nitrogens with one attached hydrogen (secondary N) is 1. The van der Waals surface area contributed by atoms with Crippen molar-refractivity contribution in [1.29, 1.82) is 0 Å². The minimum atomic E-state index is 0.707. The summed E-state index contributed by atoms with van der Waals surface area (Å²) in [4.78, 5) is 1.43. The van der Waals surface area contributed by atoms with Gasteiger partial charge in [0.25, 0.3) is 0 Å². The number of hydrogen-bond donors (Lipinski definition) is 1. The minimum Gasteiger partial charge on any atom is -0.317 e. The quantitative estimate of drug-likeness (QED) is 0.875. The first-order chi connectivity index (χ1) is 8.11. The molecular formula is C15H23NS. The second-order valence-electron chi connectivity index (χ2n) is 5.23. The van der Waals surface area contributed by atoms with E-state index in [0.717, 1.165) is 11.2 Å². The molecule has 94 valence electrons. The van der Waals surface area contributed by atoms with E-state index < -0.39 is 0 Å². The van der Waals surface area contributed by atoms with Crippen LogP contribution in [0.25, 0.3) is 0 Å². The summed E-state index contributed by atoms with van der Waals surface area (Å²) in [6, 6.07) is 7.55. The zero-order chi connectivity index (χ0) is 12.4. The predicted octanol–water partition coefficient (Wildman–Crippen LogP) is 3.78. The fourth-order valence-corrected chi connectivity index (χ4v) is 4.06. The third-order valence-corrected chi connectivity index (χ3v) is 5.61. The summed E-state index contributed by atoms with van der Waals surface area (Å²) in [7, 11) is 2.09. The molecule has 1 aliphatic rings. The van der Waals surface area contributed by atoms with Crippen molar-refractivity contribution < 1.29 is 0 Å². The number of benzene rings is 1. The highest BCUT2D eigenvalue weighted by atomic mass is 32.2. The van der Waals surface area contributed by atoms with Gasteiger partial charge in [-0.25, -0.2) is 0 Å². The van der Waals surface area contributed by atoms with E-state index in [4.69, 9.17) is 0 Å². The standard InChI is InChI=1S/C15H23NS/c1-10-5-6-13(9-11(10)2)17-15-8-7-14(16-4)12(15)3/h5-6,9,12,14-16H,7-8H2,1-4H3. The van der Waals surface area contributed by atoms with Crippen LogP contribution in [0.15, 0.2) is 23.1 Å². The largest absolute Gasteiger partial charge is 0.317 e. The first-order valence-corrected chi connectivity index (χ1v) is 7.41. The number of hydrogen-bond acceptors (Lipinski definition) is 2. The third-order valence-electron chi connectivity index (χ3n) is 4.12. The third kappa shape index (κ3) is 2.86. The zero-order valence-corrected chi connectivity index (χ0v) is 12.1. The van der Waals surface area contributed by atoms with Crippen LogP contribution in [0.5, 0.6) is 0 Å². The summed E-state index contributed by atoms with van der Waals surface area (Å²) in [6.07, 6.45) is 2.66. The van der Waals surface area contributed by atoms with Crippen LogP contribution in [0.2, 0.25) is 0 Å². The van der Waals surface area contributed by atoms with Gasteiger partial charge >= 0.3 is 0 Å². The molecule has 2 rings (SSSR count). The number of aryl methyl sites for hydroxylation is 2. The lowest BCUT2D eigenvalue weighted by Crippen LogP contribution is -2.29. The van der Waals surface area contributed by atoms with E-state index >= 15 is 0 Å². The van der Waals surface area contributed by atoms with Gasteiger partial charge in [-0.1, -0.05) is 13.0 Å². The van der Waals surface area contributed by atoms with Gasteiger partial charge in [-0.15, -0.1) is 11.8 Å². The van der Waals surface area contributed by atoms with Crippen LogP contribution in [0.1, 0.15) is 30.9 Å². The Morgan fingerprint density at radius 2 is 1.94 bits per heavy atom. The molecule has 1 aromatic rings. The van der Waals surface area contributed by atoms with Crippen molar-refractivity contribution in [2.45, 2.75) is 49.8 Å². The second kappa shape index (κ2) is 5.45. The Balaban J connectivity index is 2.04. The summed E-state index contributed by atoms with van der Waals surface area (Å²) >= 11 is 2.06. The molecule has 1 aromatic carbocycles. The van der Waals surface area contributed by atoms with Gasteiger partial charge in [0.1, 0.15) is 0 Å². The Kier molecular flexibility index (Phi) is 4.16. The highest BCUT2D eigenvalue weighted by molar-refractivity contribution is 8.00. The zero-order valence-electron chi connectivity index (χ0n) is 11.3. The van der Waals surface area contributed by atoms with Crippen LogP contribution in [0.4, 0.5) is 0 Å². The van der Waals surface area contributed by atoms with Crippen LogP contribution in [0.3, 0.4) is 0 Å². The van der Waals surface area contributed by atoms with Gasteiger partial charge in [-0.3, -0.25) is 0 Å². The molecule has 0 spiro atoms. The summed E-state index contributed by atoms with van der Waals surface area (Å²) in [5.41, 5.74) is 2.80. The van der Waals surface area contributed by atoms with Crippen LogP contribution in [-0.4, -0.2) is 18.3 Å². The normalized spacial score (nSPS) is 28.6. The summed E-state index contributed by atoms with van der Waals surface area (Å²) in [6.45, 7) is 6.76. The maximum Gasteiger partial charge on any atom is 0.0135 e. The monoisotopic (exact) mass is 249 g/mol. The summed E-state index contributed by atoms with van der Waals surface area (Å²) in [5, 5.41) is 4.21. The van der Waals surface area contributed by atoms with Gasteiger partial charge in [0, 0.05) is 16.2 Å². The molecule has 1 saturated carbocycles. The first-order valence-electron chi connectivity index (χ1n) is 6.53. The summed E-state index contributed by atoms with van der Waals surface area (Å²) < 4.78 is 0. The van der Waals surface area contributed by atoms with E-state index in [1.54, 1.807) is 0 Å². The minimum absolute atomic E-state index is 0.707. The van der Waals surface area contributed by atoms with E-state index in [1.807, 2.05) is 0 Å². The number of rotatable bonds is 3. The lowest BCUT2D eigenvalue weighted by Gasteiger charge is -2.20. The van der Waals surface area contributed by atoms with Crippen LogP contribution in [-0.2, 0) is 0 Å². The van der Waals surface area contributed by atoms with Crippen molar-refractivity contribution in [3.63, 3.8) is 0 Å². The lowest BCUT2D eigenvalue weighted by molar-refractivity contribution is 0.464. The van der Waals surface area contributed by atoms with Crippen LogP contribution < -0.4 is 5.32 Å². The van der Waals surface area contributed by atoms with E-state index in [0.29, 0.717) is 6.04 Å². The molecule has 0 saturated heterocycles. The molecule has 0 aliphatic heterocycles. The molecule has 1 N–H and O–H groups in total. The van der Waals surface area contributed by atoms with Crippen LogP contribution >= 0.6 is 11.8 Å². The van der Waals surface area contributed by atoms with E-state index in [9.17, 15) is 0 Å². The second-order valence-corrected chi connectivity index (χ2v) is 6.55. The molecule has 1 aliphatic carbocycles. The van der Waals surface area contributed by atoms with Gasteiger partial charge in [0.2, 0.25) is 0 Å². The van der Waals surface area contributed by atoms with Crippen molar-refractivity contribution in [3.05, 3.63) is 29.3 Å². The Morgan fingerprint density at radius 1 is 1.18 bits per heavy atom.